The Morgan fingerprint density at radius 3 is 2.26 bits per heavy atom. The van der Waals surface area contributed by atoms with Crippen molar-refractivity contribution >= 4 is 6.21 Å². The smallest absolute Gasteiger partial charge is 0.146 e. The van der Waals surface area contributed by atoms with Gasteiger partial charge < -0.3 is 4.90 Å². The number of nitrogens with zero attached hydrogens (tertiary/aromatic N) is 3. The topological polar surface area (TPSA) is 18.8 Å². The van der Waals surface area contributed by atoms with Crippen molar-refractivity contribution in [2.45, 2.75) is 66.6 Å². The summed E-state index contributed by atoms with van der Waals surface area (Å²) in [5, 5.41) is 6.78. The van der Waals surface area contributed by atoms with E-state index < -0.39 is 0 Å². The van der Waals surface area contributed by atoms with Gasteiger partial charge in [-0.1, -0.05) is 27.7 Å². The Morgan fingerprint density at radius 1 is 1.16 bits per heavy atom. The zero-order chi connectivity index (χ0) is 14.4. The molecule has 0 aliphatic carbocycles. The number of hydrazone groups is 1. The normalized spacial score (nSPS) is 23.4. The van der Waals surface area contributed by atoms with Crippen molar-refractivity contribution in [3.05, 3.63) is 23.5 Å². The average Bonchev–Trinajstić information content (AvgIpc) is 2.65. The minimum Gasteiger partial charge on any atom is -0.346 e. The molecule has 3 heteroatoms. The van der Waals surface area contributed by atoms with Crippen LogP contribution in [0.2, 0.25) is 0 Å². The third-order valence-electron chi connectivity index (χ3n) is 3.80. The van der Waals surface area contributed by atoms with Crippen LogP contribution in [0.25, 0.3) is 0 Å². The fraction of sp³-hybridized carbons (Fsp3) is 0.688. The molecular formula is C16H27N3. The SMILES string of the molecule is CCC1=CN(C(C)(C)C)C2C(C(C)(C)C)=CC=NN12. The second-order valence-corrected chi connectivity index (χ2v) is 7.41. The predicted octanol–water partition coefficient (Wildman–Crippen LogP) is 3.95. The van der Waals surface area contributed by atoms with Crippen molar-refractivity contribution in [2.24, 2.45) is 10.5 Å². The summed E-state index contributed by atoms with van der Waals surface area (Å²) in [6.45, 7) is 15.8. The van der Waals surface area contributed by atoms with Gasteiger partial charge in [0.15, 0.2) is 0 Å². The van der Waals surface area contributed by atoms with Gasteiger partial charge in [0.05, 0.1) is 5.70 Å². The van der Waals surface area contributed by atoms with Gasteiger partial charge in [-0.2, -0.15) is 5.10 Å². The van der Waals surface area contributed by atoms with Crippen LogP contribution >= 0.6 is 0 Å². The lowest BCUT2D eigenvalue weighted by molar-refractivity contribution is 0.0850. The highest BCUT2D eigenvalue weighted by Gasteiger charge is 2.43. The van der Waals surface area contributed by atoms with Crippen molar-refractivity contribution in [2.75, 3.05) is 0 Å². The molecule has 2 heterocycles. The first-order valence-corrected chi connectivity index (χ1v) is 7.19. The van der Waals surface area contributed by atoms with Crippen LogP contribution in [0.3, 0.4) is 0 Å². The Balaban J connectivity index is 2.46. The molecule has 0 spiro atoms. The number of fused-ring (bicyclic) bond motifs is 1. The molecule has 0 aromatic heterocycles. The Labute approximate surface area is 117 Å². The summed E-state index contributed by atoms with van der Waals surface area (Å²) >= 11 is 0. The van der Waals surface area contributed by atoms with Crippen LogP contribution in [0.1, 0.15) is 54.9 Å². The lowest BCUT2D eigenvalue weighted by Gasteiger charge is -2.44. The minimum absolute atomic E-state index is 0.0943. The first-order chi connectivity index (χ1) is 8.66. The highest BCUT2D eigenvalue weighted by molar-refractivity contribution is 5.74. The monoisotopic (exact) mass is 261 g/mol. The molecule has 0 saturated heterocycles. The van der Waals surface area contributed by atoms with E-state index in [-0.39, 0.29) is 17.1 Å². The molecule has 0 fully saturated rings. The summed E-state index contributed by atoms with van der Waals surface area (Å²) in [5.74, 6) is 0. The molecule has 2 aliphatic heterocycles. The molecule has 1 atom stereocenters. The van der Waals surface area contributed by atoms with Crippen LogP contribution < -0.4 is 0 Å². The van der Waals surface area contributed by atoms with Crippen LogP contribution in [-0.2, 0) is 0 Å². The van der Waals surface area contributed by atoms with Crippen molar-refractivity contribution in [3.8, 4) is 0 Å². The first kappa shape index (κ1) is 14.2. The van der Waals surface area contributed by atoms with Crippen LogP contribution in [-0.4, -0.2) is 27.8 Å². The highest BCUT2D eigenvalue weighted by Crippen LogP contribution is 2.41. The van der Waals surface area contributed by atoms with E-state index in [1.54, 1.807) is 0 Å². The summed E-state index contributed by atoms with van der Waals surface area (Å²) < 4.78 is 0. The maximum absolute atomic E-state index is 4.59. The first-order valence-electron chi connectivity index (χ1n) is 7.19. The molecule has 0 aromatic rings. The molecule has 3 nitrogen and oxygen atoms in total. The van der Waals surface area contributed by atoms with Gasteiger partial charge in [-0.15, -0.1) is 0 Å². The van der Waals surface area contributed by atoms with Crippen LogP contribution in [0.4, 0.5) is 0 Å². The highest BCUT2D eigenvalue weighted by atomic mass is 15.6. The summed E-state index contributed by atoms with van der Waals surface area (Å²) in [6, 6.07) is 0. The minimum atomic E-state index is 0.0943. The molecule has 2 aliphatic rings. The summed E-state index contributed by atoms with van der Waals surface area (Å²) in [4.78, 5) is 2.44. The molecule has 0 radical (unpaired) electrons. The van der Waals surface area contributed by atoms with E-state index in [1.165, 1.54) is 11.3 Å². The van der Waals surface area contributed by atoms with Crippen LogP contribution in [0.15, 0.2) is 28.6 Å². The number of rotatable bonds is 1. The van der Waals surface area contributed by atoms with Crippen molar-refractivity contribution in [1.29, 1.82) is 0 Å². The van der Waals surface area contributed by atoms with E-state index in [0.717, 1.165) is 6.42 Å². The van der Waals surface area contributed by atoms with E-state index in [4.69, 9.17) is 0 Å². The molecule has 2 rings (SSSR count). The Hall–Kier alpha value is -1.25. The van der Waals surface area contributed by atoms with Gasteiger partial charge in [0.25, 0.3) is 0 Å². The fourth-order valence-corrected chi connectivity index (χ4v) is 2.71. The summed E-state index contributed by atoms with van der Waals surface area (Å²) in [5.41, 5.74) is 2.97. The Bertz CT molecular complexity index is 444. The molecule has 0 bridgehead atoms. The quantitative estimate of drug-likeness (QED) is 0.711. The molecule has 19 heavy (non-hydrogen) atoms. The van der Waals surface area contributed by atoms with Gasteiger partial charge in [0, 0.05) is 18.0 Å². The molecular weight excluding hydrogens is 234 g/mol. The molecule has 106 valence electrons. The van der Waals surface area contributed by atoms with Crippen molar-refractivity contribution < 1.29 is 0 Å². The molecule has 1 unspecified atom stereocenters. The number of hydrogen-bond acceptors (Lipinski definition) is 3. The standard InChI is InChI=1S/C16H27N3/c1-8-12-11-18(16(5,6)7)14-13(15(2,3)4)9-10-17-19(12)14/h9-11,14H,8H2,1-7H3. The van der Waals surface area contributed by atoms with E-state index >= 15 is 0 Å². The van der Waals surface area contributed by atoms with Crippen molar-refractivity contribution in [1.82, 2.24) is 9.91 Å². The Morgan fingerprint density at radius 2 is 1.79 bits per heavy atom. The van der Waals surface area contributed by atoms with E-state index in [1.807, 2.05) is 6.21 Å². The van der Waals surface area contributed by atoms with Gasteiger partial charge in [0.1, 0.15) is 6.17 Å². The van der Waals surface area contributed by atoms with Crippen LogP contribution in [0, 0.1) is 5.41 Å². The van der Waals surface area contributed by atoms with E-state index in [0.29, 0.717) is 0 Å². The Kier molecular flexibility index (Phi) is 3.28. The van der Waals surface area contributed by atoms with Gasteiger partial charge in [-0.3, -0.25) is 0 Å². The summed E-state index contributed by atoms with van der Waals surface area (Å²) in [7, 11) is 0. The zero-order valence-electron chi connectivity index (χ0n) is 13.4. The van der Waals surface area contributed by atoms with Gasteiger partial charge >= 0.3 is 0 Å². The molecule has 0 saturated carbocycles. The third kappa shape index (κ3) is 2.43. The van der Waals surface area contributed by atoms with Gasteiger partial charge in [0.2, 0.25) is 0 Å². The second-order valence-electron chi connectivity index (χ2n) is 7.41. The third-order valence-corrected chi connectivity index (χ3v) is 3.80. The largest absolute Gasteiger partial charge is 0.346 e. The maximum atomic E-state index is 4.59. The maximum Gasteiger partial charge on any atom is 0.146 e. The average molecular weight is 261 g/mol. The van der Waals surface area contributed by atoms with E-state index in [9.17, 15) is 0 Å². The summed E-state index contributed by atoms with van der Waals surface area (Å²) in [6.07, 6.45) is 7.66. The molecule has 0 aromatic carbocycles. The molecule has 0 amide bonds. The van der Waals surface area contributed by atoms with Gasteiger partial charge in [-0.25, -0.2) is 5.01 Å². The lowest BCUT2D eigenvalue weighted by Crippen LogP contribution is -2.50. The fourth-order valence-electron chi connectivity index (χ4n) is 2.71. The number of allylic oxidation sites excluding steroid dienone is 2. The second kappa shape index (κ2) is 4.39. The van der Waals surface area contributed by atoms with E-state index in [2.05, 4.69) is 75.8 Å². The lowest BCUT2D eigenvalue weighted by atomic mass is 9.82. The van der Waals surface area contributed by atoms with Gasteiger partial charge in [-0.05, 0) is 44.3 Å². The van der Waals surface area contributed by atoms with Crippen LogP contribution in [0.5, 0.6) is 0 Å². The predicted molar refractivity (Wildman–Crippen MR) is 81.6 cm³/mol. The molecule has 0 N–H and O–H groups in total. The zero-order valence-corrected chi connectivity index (χ0v) is 13.4. The number of hydrogen-bond donors (Lipinski definition) is 0. The van der Waals surface area contributed by atoms with Crippen molar-refractivity contribution in [3.63, 3.8) is 0 Å².